The second kappa shape index (κ2) is 7.14. The molecule has 0 aliphatic carbocycles. The van der Waals surface area contributed by atoms with Crippen LogP contribution in [0.25, 0.3) is 0 Å². The fraction of sp³-hybridized carbons (Fsp3) is 0.533. The molecule has 0 aromatic heterocycles. The molecule has 0 aliphatic heterocycles. The molecule has 19 heavy (non-hydrogen) atoms. The summed E-state index contributed by atoms with van der Waals surface area (Å²) in [7, 11) is 0. The fourth-order valence-corrected chi connectivity index (χ4v) is 1.56. The summed E-state index contributed by atoms with van der Waals surface area (Å²) in [5.41, 5.74) is 0.671. The summed E-state index contributed by atoms with van der Waals surface area (Å²) in [4.78, 5) is 11.5. The highest BCUT2D eigenvalue weighted by atomic mass is 16.6. The number of benzene rings is 1. The van der Waals surface area contributed by atoms with Crippen molar-refractivity contribution in [2.75, 3.05) is 13.2 Å². The van der Waals surface area contributed by atoms with Gasteiger partial charge < -0.3 is 14.8 Å². The van der Waals surface area contributed by atoms with E-state index in [0.29, 0.717) is 13.2 Å². The molecule has 0 heterocycles. The normalized spacial score (nSPS) is 11.2. The summed E-state index contributed by atoms with van der Waals surface area (Å²) in [6.45, 7) is 9.04. The Hall–Kier alpha value is -1.55. The molecule has 1 aromatic carbocycles. The zero-order valence-electron chi connectivity index (χ0n) is 12.2. The van der Waals surface area contributed by atoms with Gasteiger partial charge in [0.05, 0.1) is 13.2 Å². The van der Waals surface area contributed by atoms with Crippen molar-refractivity contribution in [3.8, 4) is 5.75 Å². The highest BCUT2D eigenvalue weighted by Gasteiger charge is 2.15. The third-order valence-corrected chi connectivity index (χ3v) is 2.25. The van der Waals surface area contributed by atoms with Crippen LogP contribution < -0.4 is 10.1 Å². The highest BCUT2D eigenvalue weighted by Crippen LogP contribution is 2.12. The van der Waals surface area contributed by atoms with Crippen LogP contribution in [0.2, 0.25) is 0 Å². The zero-order chi connectivity index (χ0) is 14.3. The number of ether oxygens (including phenoxy) is 2. The summed E-state index contributed by atoms with van der Waals surface area (Å²) in [5, 5.41) is 3.06. The predicted molar refractivity (Wildman–Crippen MR) is 75.2 cm³/mol. The molecule has 0 bridgehead atoms. The summed E-state index contributed by atoms with van der Waals surface area (Å²) < 4.78 is 10.6. The van der Waals surface area contributed by atoms with Crippen molar-refractivity contribution in [3.05, 3.63) is 29.8 Å². The third kappa shape index (κ3) is 6.82. The van der Waals surface area contributed by atoms with Gasteiger partial charge in [-0.25, -0.2) is 0 Å². The molecular weight excluding hydrogens is 242 g/mol. The van der Waals surface area contributed by atoms with E-state index < -0.39 is 5.60 Å². The van der Waals surface area contributed by atoms with Crippen LogP contribution in [0.1, 0.15) is 33.3 Å². The summed E-state index contributed by atoms with van der Waals surface area (Å²) in [5.74, 6) is 0.622. The molecule has 1 aromatic rings. The lowest BCUT2D eigenvalue weighted by Gasteiger charge is -2.19. The lowest BCUT2D eigenvalue weighted by Crippen LogP contribution is -2.31. The molecule has 0 spiro atoms. The summed E-state index contributed by atoms with van der Waals surface area (Å²) in [6, 6.07) is 7.81. The molecule has 0 saturated carbocycles. The maximum absolute atomic E-state index is 11.5. The quantitative estimate of drug-likeness (QED) is 0.803. The number of nitrogens with one attached hydrogen (secondary N) is 1. The van der Waals surface area contributed by atoms with Crippen LogP contribution in [0.5, 0.6) is 5.75 Å². The Morgan fingerprint density at radius 1 is 1.21 bits per heavy atom. The molecule has 0 aliphatic rings. The van der Waals surface area contributed by atoms with Crippen LogP contribution in [0, 0.1) is 0 Å². The van der Waals surface area contributed by atoms with Gasteiger partial charge in [-0.15, -0.1) is 0 Å². The monoisotopic (exact) mass is 265 g/mol. The van der Waals surface area contributed by atoms with E-state index in [4.69, 9.17) is 9.47 Å². The first-order chi connectivity index (χ1) is 8.90. The summed E-state index contributed by atoms with van der Waals surface area (Å²) >= 11 is 0. The molecule has 0 amide bonds. The number of hydrogen-bond acceptors (Lipinski definition) is 4. The number of esters is 1. The molecule has 0 unspecified atom stereocenters. The van der Waals surface area contributed by atoms with Gasteiger partial charge >= 0.3 is 5.97 Å². The fourth-order valence-electron chi connectivity index (χ4n) is 1.56. The van der Waals surface area contributed by atoms with Crippen molar-refractivity contribution in [1.29, 1.82) is 0 Å². The largest absolute Gasteiger partial charge is 0.494 e. The van der Waals surface area contributed by atoms with Gasteiger partial charge in [0.1, 0.15) is 11.4 Å². The van der Waals surface area contributed by atoms with Crippen LogP contribution >= 0.6 is 0 Å². The van der Waals surface area contributed by atoms with E-state index in [1.165, 1.54) is 0 Å². The first-order valence-corrected chi connectivity index (χ1v) is 6.55. The molecule has 1 N–H and O–H groups in total. The molecule has 106 valence electrons. The molecule has 0 saturated heterocycles. The average molecular weight is 265 g/mol. The molecule has 0 atom stereocenters. The van der Waals surface area contributed by atoms with Gasteiger partial charge in [-0.3, -0.25) is 4.79 Å². The van der Waals surface area contributed by atoms with Crippen molar-refractivity contribution in [2.24, 2.45) is 0 Å². The van der Waals surface area contributed by atoms with E-state index in [0.717, 1.165) is 11.3 Å². The molecule has 0 radical (unpaired) electrons. The SMILES string of the molecule is CCOc1ccc(CNCC(=O)OC(C)(C)C)cc1. The standard InChI is InChI=1S/C15H23NO3/c1-5-18-13-8-6-12(7-9-13)10-16-11-14(17)19-15(2,3)4/h6-9,16H,5,10-11H2,1-4H3. The minimum atomic E-state index is -0.433. The van der Waals surface area contributed by atoms with E-state index in [1.807, 2.05) is 52.0 Å². The maximum Gasteiger partial charge on any atom is 0.320 e. The molecule has 1 rings (SSSR count). The van der Waals surface area contributed by atoms with Crippen LogP contribution in [0.15, 0.2) is 24.3 Å². The van der Waals surface area contributed by atoms with E-state index in [2.05, 4.69) is 5.32 Å². The molecular formula is C15H23NO3. The average Bonchev–Trinajstić information content (AvgIpc) is 2.29. The van der Waals surface area contributed by atoms with Gasteiger partial charge in [0.2, 0.25) is 0 Å². The van der Waals surface area contributed by atoms with E-state index in [1.54, 1.807) is 0 Å². The smallest absolute Gasteiger partial charge is 0.320 e. The Labute approximate surface area is 115 Å². The number of carbonyl (C=O) groups is 1. The first kappa shape index (κ1) is 15.5. The van der Waals surface area contributed by atoms with Gasteiger partial charge in [-0.05, 0) is 45.4 Å². The second-order valence-electron chi connectivity index (χ2n) is 5.27. The lowest BCUT2D eigenvalue weighted by atomic mass is 10.2. The maximum atomic E-state index is 11.5. The molecule has 4 heteroatoms. The van der Waals surface area contributed by atoms with E-state index in [-0.39, 0.29) is 12.5 Å². The van der Waals surface area contributed by atoms with Gasteiger partial charge in [0, 0.05) is 6.54 Å². The van der Waals surface area contributed by atoms with Crippen molar-refractivity contribution >= 4 is 5.97 Å². The highest BCUT2D eigenvalue weighted by molar-refractivity contribution is 5.72. The van der Waals surface area contributed by atoms with Gasteiger partial charge in [-0.2, -0.15) is 0 Å². The van der Waals surface area contributed by atoms with Crippen molar-refractivity contribution in [1.82, 2.24) is 5.32 Å². The van der Waals surface area contributed by atoms with Crippen molar-refractivity contribution in [3.63, 3.8) is 0 Å². The van der Waals surface area contributed by atoms with E-state index >= 15 is 0 Å². The molecule has 0 fully saturated rings. The Balaban J connectivity index is 2.31. The topological polar surface area (TPSA) is 47.6 Å². The van der Waals surface area contributed by atoms with Crippen LogP contribution in [0.3, 0.4) is 0 Å². The second-order valence-corrected chi connectivity index (χ2v) is 5.27. The Morgan fingerprint density at radius 2 is 1.84 bits per heavy atom. The van der Waals surface area contributed by atoms with Crippen LogP contribution in [-0.2, 0) is 16.1 Å². The van der Waals surface area contributed by atoms with E-state index in [9.17, 15) is 4.79 Å². The minimum Gasteiger partial charge on any atom is -0.494 e. The zero-order valence-corrected chi connectivity index (χ0v) is 12.2. The Bertz CT molecular complexity index is 393. The Morgan fingerprint density at radius 3 is 2.37 bits per heavy atom. The van der Waals surface area contributed by atoms with Crippen molar-refractivity contribution < 1.29 is 14.3 Å². The van der Waals surface area contributed by atoms with Gasteiger partial charge in [-0.1, -0.05) is 12.1 Å². The Kier molecular flexibility index (Phi) is 5.83. The van der Waals surface area contributed by atoms with Gasteiger partial charge in [0.15, 0.2) is 0 Å². The minimum absolute atomic E-state index is 0.213. The predicted octanol–water partition coefficient (Wildman–Crippen LogP) is 2.52. The third-order valence-electron chi connectivity index (χ3n) is 2.25. The summed E-state index contributed by atoms with van der Waals surface area (Å²) in [6.07, 6.45) is 0. The lowest BCUT2D eigenvalue weighted by molar-refractivity contribution is -0.153. The molecule has 4 nitrogen and oxygen atoms in total. The van der Waals surface area contributed by atoms with Crippen LogP contribution in [-0.4, -0.2) is 24.7 Å². The van der Waals surface area contributed by atoms with Crippen LogP contribution in [0.4, 0.5) is 0 Å². The van der Waals surface area contributed by atoms with Gasteiger partial charge in [0.25, 0.3) is 0 Å². The number of rotatable bonds is 6. The first-order valence-electron chi connectivity index (χ1n) is 6.55. The van der Waals surface area contributed by atoms with Crippen molar-refractivity contribution in [2.45, 2.75) is 39.8 Å². The number of carbonyl (C=O) groups excluding carboxylic acids is 1. The number of hydrogen-bond donors (Lipinski definition) is 1.